The van der Waals surface area contributed by atoms with Crippen LogP contribution in [0.25, 0.3) is 0 Å². The summed E-state index contributed by atoms with van der Waals surface area (Å²) >= 11 is 0. The SMILES string of the molecule is CCCCNC(=O)CC[N+]1(CC(O)CO)CCC(CCCC2CC[N+](CCC(=O)CC)(CC(O)CO)CC2)CC1. The maximum atomic E-state index is 12.3. The first-order valence-electron chi connectivity index (χ1n) is 16.2. The highest BCUT2D eigenvalue weighted by molar-refractivity contribution is 5.78. The van der Waals surface area contributed by atoms with Crippen LogP contribution in [-0.2, 0) is 9.59 Å². The molecular formula is C31H61N3O6+2. The first kappa shape index (κ1) is 35.1. The summed E-state index contributed by atoms with van der Waals surface area (Å²) in [4.78, 5) is 24.3. The number of amides is 1. The van der Waals surface area contributed by atoms with Crippen LogP contribution in [0.4, 0.5) is 0 Å². The first-order chi connectivity index (χ1) is 19.2. The number of rotatable bonds is 20. The lowest BCUT2D eigenvalue weighted by Gasteiger charge is -2.45. The number of hydrogen-bond acceptors (Lipinski definition) is 6. The minimum atomic E-state index is -0.741. The minimum Gasteiger partial charge on any atom is -0.393 e. The average molecular weight is 572 g/mol. The Bertz CT molecular complexity index is 720. The minimum absolute atomic E-state index is 0.0875. The van der Waals surface area contributed by atoms with Gasteiger partial charge in [0.1, 0.15) is 31.1 Å². The molecule has 0 aromatic rings. The fourth-order valence-electron chi connectivity index (χ4n) is 6.99. The highest BCUT2D eigenvalue weighted by atomic mass is 16.3. The van der Waals surface area contributed by atoms with Crippen molar-refractivity contribution in [1.29, 1.82) is 0 Å². The topological polar surface area (TPSA) is 127 Å². The Morgan fingerprint density at radius 2 is 1.25 bits per heavy atom. The Kier molecular flexibility index (Phi) is 16.2. The van der Waals surface area contributed by atoms with Crippen LogP contribution in [0, 0.1) is 11.8 Å². The van der Waals surface area contributed by atoms with Gasteiger partial charge in [-0.25, -0.2) is 0 Å². The van der Waals surface area contributed by atoms with Gasteiger partial charge in [0.05, 0.1) is 65.3 Å². The number of likely N-dealkylation sites (tertiary alicyclic amines) is 2. The third kappa shape index (κ3) is 12.4. The number of carbonyl (C=O) groups is 2. The molecule has 0 spiro atoms. The summed E-state index contributed by atoms with van der Waals surface area (Å²) in [6.07, 6.45) is 10.2. The van der Waals surface area contributed by atoms with Crippen LogP contribution < -0.4 is 5.32 Å². The van der Waals surface area contributed by atoms with Gasteiger partial charge in [-0.2, -0.15) is 0 Å². The van der Waals surface area contributed by atoms with Gasteiger partial charge in [-0.3, -0.25) is 9.59 Å². The predicted octanol–water partition coefficient (Wildman–Crippen LogP) is 1.99. The van der Waals surface area contributed by atoms with Crippen molar-refractivity contribution in [3.8, 4) is 0 Å². The molecule has 0 radical (unpaired) electrons. The zero-order valence-electron chi connectivity index (χ0n) is 25.6. The number of unbranched alkanes of at least 4 members (excludes halogenated alkanes) is 1. The molecule has 2 aliphatic rings. The van der Waals surface area contributed by atoms with Gasteiger partial charge in [0.25, 0.3) is 0 Å². The second-order valence-electron chi connectivity index (χ2n) is 13.0. The largest absolute Gasteiger partial charge is 0.393 e. The number of hydrogen-bond donors (Lipinski definition) is 5. The number of nitrogens with one attached hydrogen (secondary N) is 1. The quantitative estimate of drug-likeness (QED) is 0.112. The highest BCUT2D eigenvalue weighted by Crippen LogP contribution is 2.32. The molecule has 2 atom stereocenters. The molecule has 2 rings (SSSR count). The molecule has 2 heterocycles. The Hall–Kier alpha value is -1.10. The lowest BCUT2D eigenvalue weighted by molar-refractivity contribution is -0.936. The standard InChI is InChI=1S/C31H60N3O6/c1-3-5-15-32-31(40)14-21-34(23-30(39)25-36)18-11-27(12-19-34)8-6-7-26-9-16-33(17-10-26,22-29(38)24-35)20-13-28(37)4-2/h26-27,29-30,35-36,38-39H,3-25H2,1-2H3/q+1/p+1. The number of carbonyl (C=O) groups excluding carboxylic acids is 2. The zero-order chi connectivity index (χ0) is 29.4. The van der Waals surface area contributed by atoms with E-state index in [1.807, 2.05) is 6.92 Å². The van der Waals surface area contributed by atoms with Gasteiger partial charge < -0.3 is 34.7 Å². The number of piperidine rings is 2. The molecule has 2 saturated heterocycles. The summed E-state index contributed by atoms with van der Waals surface area (Å²) in [5.74, 6) is 1.72. The Balaban J connectivity index is 1.77. The van der Waals surface area contributed by atoms with E-state index in [9.17, 15) is 30.0 Å². The molecule has 2 aliphatic heterocycles. The Morgan fingerprint density at radius 3 is 1.68 bits per heavy atom. The lowest BCUT2D eigenvalue weighted by atomic mass is 9.85. The maximum absolute atomic E-state index is 12.3. The summed E-state index contributed by atoms with van der Waals surface area (Å²) in [7, 11) is 0. The van der Waals surface area contributed by atoms with E-state index in [0.717, 1.165) is 93.3 Å². The maximum Gasteiger partial charge on any atom is 0.225 e. The molecule has 9 nitrogen and oxygen atoms in total. The van der Waals surface area contributed by atoms with Crippen molar-refractivity contribution in [3.63, 3.8) is 0 Å². The number of quaternary nitrogens is 2. The molecule has 0 saturated carbocycles. The Labute approximate surface area is 243 Å². The average Bonchev–Trinajstić information content (AvgIpc) is 2.97. The molecule has 0 bridgehead atoms. The van der Waals surface area contributed by atoms with E-state index in [1.54, 1.807) is 0 Å². The molecule has 2 unspecified atom stereocenters. The number of Topliss-reactive ketones (excluding diaryl/α,β-unsaturated/α-hetero) is 1. The van der Waals surface area contributed by atoms with Gasteiger partial charge in [0, 0.05) is 13.0 Å². The van der Waals surface area contributed by atoms with Crippen LogP contribution in [0.3, 0.4) is 0 Å². The normalized spacial score (nSPS) is 28.6. The van der Waals surface area contributed by atoms with Gasteiger partial charge in [-0.1, -0.05) is 39.5 Å². The van der Waals surface area contributed by atoms with E-state index < -0.39 is 12.2 Å². The smallest absolute Gasteiger partial charge is 0.225 e. The monoisotopic (exact) mass is 571 g/mol. The van der Waals surface area contributed by atoms with Crippen LogP contribution in [0.1, 0.15) is 90.9 Å². The van der Waals surface area contributed by atoms with Gasteiger partial charge in [0.15, 0.2) is 0 Å². The van der Waals surface area contributed by atoms with Crippen molar-refractivity contribution in [1.82, 2.24) is 5.32 Å². The predicted molar refractivity (Wildman–Crippen MR) is 157 cm³/mol. The molecule has 40 heavy (non-hydrogen) atoms. The van der Waals surface area contributed by atoms with E-state index in [4.69, 9.17) is 0 Å². The summed E-state index contributed by atoms with van der Waals surface area (Å²) < 4.78 is 1.48. The van der Waals surface area contributed by atoms with Gasteiger partial charge in [0.2, 0.25) is 5.91 Å². The molecule has 0 aromatic carbocycles. The summed E-state index contributed by atoms with van der Waals surface area (Å²) in [5.41, 5.74) is 0. The van der Waals surface area contributed by atoms with E-state index in [2.05, 4.69) is 12.2 Å². The van der Waals surface area contributed by atoms with Crippen molar-refractivity contribution in [2.45, 2.75) is 103 Å². The summed E-state index contributed by atoms with van der Waals surface area (Å²) in [5, 5.41) is 42.3. The van der Waals surface area contributed by atoms with Crippen LogP contribution in [0.15, 0.2) is 0 Å². The molecule has 0 aliphatic carbocycles. The number of ketones is 1. The summed E-state index contributed by atoms with van der Waals surface area (Å²) in [6, 6.07) is 0. The Morgan fingerprint density at radius 1 is 0.775 bits per heavy atom. The molecule has 234 valence electrons. The van der Waals surface area contributed by atoms with Crippen molar-refractivity contribution < 1.29 is 39.0 Å². The van der Waals surface area contributed by atoms with E-state index in [-0.39, 0.29) is 24.9 Å². The lowest BCUT2D eigenvalue weighted by Crippen LogP contribution is -2.58. The van der Waals surface area contributed by atoms with E-state index >= 15 is 0 Å². The second kappa shape index (κ2) is 18.4. The van der Waals surface area contributed by atoms with Gasteiger partial charge in [-0.05, 0) is 43.9 Å². The first-order valence-corrected chi connectivity index (χ1v) is 16.2. The highest BCUT2D eigenvalue weighted by Gasteiger charge is 2.37. The third-order valence-corrected chi connectivity index (χ3v) is 9.81. The van der Waals surface area contributed by atoms with E-state index in [1.165, 1.54) is 19.3 Å². The fraction of sp³-hybridized carbons (Fsp3) is 0.935. The molecular weight excluding hydrogens is 510 g/mol. The zero-order valence-corrected chi connectivity index (χ0v) is 25.6. The third-order valence-electron chi connectivity index (χ3n) is 9.81. The molecule has 2 fully saturated rings. The molecule has 0 aromatic heterocycles. The van der Waals surface area contributed by atoms with Gasteiger partial charge >= 0.3 is 0 Å². The van der Waals surface area contributed by atoms with Crippen LogP contribution >= 0.6 is 0 Å². The van der Waals surface area contributed by atoms with Crippen molar-refractivity contribution in [3.05, 3.63) is 0 Å². The molecule has 5 N–H and O–H groups in total. The van der Waals surface area contributed by atoms with Crippen molar-refractivity contribution >= 4 is 11.7 Å². The van der Waals surface area contributed by atoms with Crippen LogP contribution in [0.5, 0.6) is 0 Å². The number of nitrogens with zero attached hydrogens (tertiary/aromatic N) is 2. The second-order valence-corrected chi connectivity index (χ2v) is 13.0. The number of aliphatic hydroxyl groups is 4. The van der Waals surface area contributed by atoms with Crippen LogP contribution in [-0.4, -0.2) is 125 Å². The van der Waals surface area contributed by atoms with Gasteiger partial charge in [-0.15, -0.1) is 0 Å². The van der Waals surface area contributed by atoms with Crippen LogP contribution in [0.2, 0.25) is 0 Å². The molecule has 1 amide bonds. The van der Waals surface area contributed by atoms with Crippen molar-refractivity contribution in [2.75, 3.05) is 72.1 Å². The molecule has 9 heteroatoms. The number of aliphatic hydroxyl groups excluding tert-OH is 4. The van der Waals surface area contributed by atoms with Crippen molar-refractivity contribution in [2.24, 2.45) is 11.8 Å². The summed E-state index contributed by atoms with van der Waals surface area (Å²) in [6.45, 7) is 10.7. The van der Waals surface area contributed by atoms with E-state index in [0.29, 0.717) is 44.2 Å². The fourth-order valence-corrected chi connectivity index (χ4v) is 6.99.